The van der Waals surface area contributed by atoms with Crippen LogP contribution >= 0.6 is 34.9 Å². The van der Waals surface area contributed by atoms with E-state index in [1.165, 1.54) is 16.5 Å². The van der Waals surface area contributed by atoms with E-state index in [0.29, 0.717) is 17.5 Å². The molecule has 1 aliphatic rings. The first-order chi connectivity index (χ1) is 14.8. The summed E-state index contributed by atoms with van der Waals surface area (Å²) >= 11 is 4.77. The molecule has 1 aliphatic carbocycles. The van der Waals surface area contributed by atoms with E-state index < -0.39 is 0 Å². The summed E-state index contributed by atoms with van der Waals surface area (Å²) in [6, 6.07) is 18.6. The van der Waals surface area contributed by atoms with Crippen molar-refractivity contribution in [3.05, 3.63) is 60.4 Å². The Morgan fingerprint density at radius 2 is 1.87 bits per heavy atom. The minimum absolute atomic E-state index is 0.0514. The minimum Gasteiger partial charge on any atom is -0.353 e. The average Bonchev–Trinajstić information content (AvgIpc) is 3.34. The van der Waals surface area contributed by atoms with Crippen LogP contribution in [0.5, 0.6) is 0 Å². The van der Waals surface area contributed by atoms with Crippen LogP contribution in [0.2, 0.25) is 0 Å². The van der Waals surface area contributed by atoms with Gasteiger partial charge in [0, 0.05) is 11.7 Å². The molecule has 1 fully saturated rings. The Labute approximate surface area is 186 Å². The van der Waals surface area contributed by atoms with Gasteiger partial charge in [-0.25, -0.2) is 4.98 Å². The Bertz CT molecular complexity index is 1140. The number of rotatable bonds is 8. The molecule has 0 radical (unpaired) electrons. The molecule has 0 saturated heterocycles. The number of nitrogens with zero attached hydrogens (tertiary/aromatic N) is 4. The number of amides is 1. The van der Waals surface area contributed by atoms with Crippen molar-refractivity contribution in [2.24, 2.45) is 0 Å². The lowest BCUT2D eigenvalue weighted by Gasteiger charge is -2.09. The smallest absolute Gasteiger partial charge is 0.230 e. The molecular formula is C21H19N5OS3. The number of thiazole rings is 1. The molecule has 0 unspecified atom stereocenters. The van der Waals surface area contributed by atoms with E-state index in [0.717, 1.165) is 39.4 Å². The molecule has 1 N–H and O–H groups in total. The van der Waals surface area contributed by atoms with Crippen LogP contribution in [-0.4, -0.2) is 37.5 Å². The monoisotopic (exact) mass is 453 g/mol. The lowest BCUT2D eigenvalue weighted by Crippen LogP contribution is -2.27. The van der Waals surface area contributed by atoms with Crippen LogP contribution in [0.15, 0.2) is 64.1 Å². The Kier molecular flexibility index (Phi) is 5.74. The molecule has 30 heavy (non-hydrogen) atoms. The molecule has 1 saturated carbocycles. The van der Waals surface area contributed by atoms with Gasteiger partial charge in [-0.15, -0.1) is 21.5 Å². The second kappa shape index (κ2) is 8.79. The van der Waals surface area contributed by atoms with Crippen molar-refractivity contribution < 1.29 is 4.79 Å². The first-order valence-electron chi connectivity index (χ1n) is 9.66. The number of para-hydroxylation sites is 2. The fourth-order valence-corrected chi connectivity index (χ4v) is 5.75. The van der Waals surface area contributed by atoms with Crippen LogP contribution in [-0.2, 0) is 10.5 Å². The molecule has 1 amide bonds. The Morgan fingerprint density at radius 1 is 1.07 bits per heavy atom. The van der Waals surface area contributed by atoms with E-state index in [4.69, 9.17) is 4.98 Å². The summed E-state index contributed by atoms with van der Waals surface area (Å²) in [5.74, 6) is 1.88. The average molecular weight is 454 g/mol. The summed E-state index contributed by atoms with van der Waals surface area (Å²) in [6.07, 6.45) is 2.17. The van der Waals surface area contributed by atoms with Gasteiger partial charge >= 0.3 is 0 Å². The predicted octanol–water partition coefficient (Wildman–Crippen LogP) is 4.54. The highest BCUT2D eigenvalue weighted by Gasteiger charge is 2.24. The van der Waals surface area contributed by atoms with Crippen molar-refractivity contribution in [1.29, 1.82) is 0 Å². The number of hydrogen-bond donors (Lipinski definition) is 1. The molecule has 5 rings (SSSR count). The van der Waals surface area contributed by atoms with Gasteiger partial charge in [0.1, 0.15) is 5.82 Å². The van der Waals surface area contributed by atoms with Crippen LogP contribution in [0.1, 0.15) is 18.7 Å². The standard InChI is InChI=1S/C21H19N5OS3/c27-19(22-14-10-11-14)13-28-20-25-24-18(26(20)15-6-2-1-3-7-15)12-29-21-23-16-8-4-5-9-17(16)30-21/h1-9,14H,10-13H2,(H,22,27). The van der Waals surface area contributed by atoms with E-state index in [1.807, 2.05) is 53.1 Å². The molecule has 152 valence electrons. The molecule has 0 aliphatic heterocycles. The van der Waals surface area contributed by atoms with Gasteiger partial charge < -0.3 is 5.32 Å². The third-order valence-electron chi connectivity index (χ3n) is 4.59. The zero-order valence-corrected chi connectivity index (χ0v) is 18.5. The summed E-state index contributed by atoms with van der Waals surface area (Å²) < 4.78 is 4.23. The third kappa shape index (κ3) is 4.53. The van der Waals surface area contributed by atoms with Gasteiger partial charge in [-0.1, -0.05) is 53.9 Å². The summed E-state index contributed by atoms with van der Waals surface area (Å²) in [4.78, 5) is 16.8. The SMILES string of the molecule is O=C(CSc1nnc(CSc2nc3ccccc3s2)n1-c1ccccc1)NC1CC1. The van der Waals surface area contributed by atoms with Gasteiger partial charge in [-0.3, -0.25) is 9.36 Å². The third-order valence-corrected chi connectivity index (χ3v) is 7.69. The van der Waals surface area contributed by atoms with Crippen LogP contribution in [0.4, 0.5) is 0 Å². The highest BCUT2D eigenvalue weighted by molar-refractivity contribution is 8.00. The fraction of sp³-hybridized carbons (Fsp3) is 0.238. The van der Waals surface area contributed by atoms with Gasteiger partial charge in [-0.05, 0) is 37.1 Å². The number of nitrogens with one attached hydrogen (secondary N) is 1. The zero-order chi connectivity index (χ0) is 20.3. The second-order valence-electron chi connectivity index (χ2n) is 6.94. The highest BCUT2D eigenvalue weighted by Crippen LogP contribution is 2.32. The van der Waals surface area contributed by atoms with Crippen LogP contribution in [0.25, 0.3) is 15.9 Å². The van der Waals surface area contributed by atoms with Crippen molar-refractivity contribution >= 4 is 51.0 Å². The van der Waals surface area contributed by atoms with Gasteiger partial charge in [-0.2, -0.15) is 0 Å². The molecule has 0 atom stereocenters. The highest BCUT2D eigenvalue weighted by atomic mass is 32.2. The maximum absolute atomic E-state index is 12.1. The lowest BCUT2D eigenvalue weighted by molar-refractivity contribution is -0.118. The van der Waals surface area contributed by atoms with Crippen LogP contribution in [0.3, 0.4) is 0 Å². The van der Waals surface area contributed by atoms with Crippen molar-refractivity contribution in [1.82, 2.24) is 25.1 Å². The number of thioether (sulfide) groups is 2. The maximum atomic E-state index is 12.1. The lowest BCUT2D eigenvalue weighted by atomic mass is 10.3. The van der Waals surface area contributed by atoms with E-state index in [-0.39, 0.29) is 5.91 Å². The molecule has 2 heterocycles. The van der Waals surface area contributed by atoms with E-state index in [1.54, 1.807) is 23.1 Å². The fourth-order valence-electron chi connectivity index (χ4n) is 2.99. The zero-order valence-electron chi connectivity index (χ0n) is 16.0. The number of carbonyl (C=O) groups is 1. The summed E-state index contributed by atoms with van der Waals surface area (Å²) in [6.45, 7) is 0. The van der Waals surface area contributed by atoms with Crippen molar-refractivity contribution in [2.45, 2.75) is 34.1 Å². The minimum atomic E-state index is 0.0514. The summed E-state index contributed by atoms with van der Waals surface area (Å²) in [7, 11) is 0. The Balaban J connectivity index is 1.35. The number of fused-ring (bicyclic) bond motifs is 1. The molecule has 0 spiro atoms. The number of hydrogen-bond acceptors (Lipinski definition) is 7. The molecule has 4 aromatic rings. The molecule has 2 aromatic carbocycles. The van der Waals surface area contributed by atoms with Crippen molar-refractivity contribution in [3.8, 4) is 5.69 Å². The first-order valence-corrected chi connectivity index (χ1v) is 12.5. The number of carbonyl (C=O) groups excluding carboxylic acids is 1. The number of benzene rings is 2. The summed E-state index contributed by atoms with van der Waals surface area (Å²) in [5, 5.41) is 12.6. The largest absolute Gasteiger partial charge is 0.353 e. The molecule has 2 aromatic heterocycles. The van der Waals surface area contributed by atoms with Crippen LogP contribution < -0.4 is 5.32 Å². The van der Waals surface area contributed by atoms with Crippen molar-refractivity contribution in [3.63, 3.8) is 0 Å². The Morgan fingerprint density at radius 3 is 2.67 bits per heavy atom. The van der Waals surface area contributed by atoms with E-state index >= 15 is 0 Å². The molecule has 9 heteroatoms. The van der Waals surface area contributed by atoms with E-state index in [9.17, 15) is 4.79 Å². The quantitative estimate of drug-likeness (QED) is 0.395. The van der Waals surface area contributed by atoms with Gasteiger partial charge in [0.2, 0.25) is 5.91 Å². The molecule has 0 bridgehead atoms. The second-order valence-corrected chi connectivity index (χ2v) is 10.1. The van der Waals surface area contributed by atoms with Gasteiger partial charge in [0.05, 0.1) is 21.7 Å². The van der Waals surface area contributed by atoms with E-state index in [2.05, 4.69) is 21.6 Å². The van der Waals surface area contributed by atoms with Crippen LogP contribution in [0, 0.1) is 0 Å². The van der Waals surface area contributed by atoms with Gasteiger partial charge in [0.15, 0.2) is 9.50 Å². The number of aromatic nitrogens is 4. The normalized spacial score (nSPS) is 13.6. The van der Waals surface area contributed by atoms with Gasteiger partial charge in [0.25, 0.3) is 0 Å². The summed E-state index contributed by atoms with van der Waals surface area (Å²) in [5.41, 5.74) is 2.01. The van der Waals surface area contributed by atoms with Crippen molar-refractivity contribution in [2.75, 3.05) is 5.75 Å². The molecule has 6 nitrogen and oxygen atoms in total. The molecular weight excluding hydrogens is 434 g/mol. The topological polar surface area (TPSA) is 72.7 Å². The first kappa shape index (κ1) is 19.6. The maximum Gasteiger partial charge on any atom is 0.230 e. The predicted molar refractivity (Wildman–Crippen MR) is 122 cm³/mol. The Hall–Kier alpha value is -2.36.